The molecule has 0 saturated heterocycles. The van der Waals surface area contributed by atoms with Gasteiger partial charge in [-0.05, 0) is 36.2 Å². The molecule has 0 bridgehead atoms. The van der Waals surface area contributed by atoms with Crippen molar-refractivity contribution < 1.29 is 31.7 Å². The highest BCUT2D eigenvalue weighted by Crippen LogP contribution is 2.36. The van der Waals surface area contributed by atoms with Gasteiger partial charge in [-0.1, -0.05) is 12.1 Å². The maximum absolute atomic E-state index is 13.7. The molecule has 4 heterocycles. The minimum Gasteiger partial charge on any atom is -0.327 e. The number of nitrogens with one attached hydrogen (secondary N) is 2. The number of hydrogen-bond acceptors (Lipinski definition) is 5. The number of carbonyl (C=O) groups excluding carboxylic acids is 2. The van der Waals surface area contributed by atoms with Gasteiger partial charge < -0.3 is 10.6 Å². The number of benzene rings is 1. The van der Waals surface area contributed by atoms with Crippen molar-refractivity contribution in [2.75, 3.05) is 10.6 Å². The van der Waals surface area contributed by atoms with Gasteiger partial charge in [0, 0.05) is 17.7 Å². The fraction of sp³-hybridized carbons (Fsp3) is 0.0769. The van der Waals surface area contributed by atoms with E-state index < -0.39 is 23.5 Å². The van der Waals surface area contributed by atoms with Crippen molar-refractivity contribution in [3.8, 4) is 17.1 Å². The predicted octanol–water partition coefficient (Wildman–Crippen LogP) is 4.35. The molecule has 4 aromatic heterocycles. The topological polar surface area (TPSA) is 106 Å². The van der Waals surface area contributed by atoms with Crippen molar-refractivity contribution >= 4 is 29.3 Å². The Morgan fingerprint density at radius 1 is 1.08 bits per heavy atom. The Balaban J connectivity index is 1.68. The molecule has 1 aromatic carbocycles. The molecule has 0 atom stereocenters. The lowest BCUT2D eigenvalue weighted by atomic mass is 10.0. The molecule has 9 nitrogen and oxygen atoms in total. The second kappa shape index (κ2) is 9.93. The van der Waals surface area contributed by atoms with Crippen LogP contribution in [0.15, 0.2) is 73.3 Å². The Labute approximate surface area is 217 Å². The molecule has 0 saturated carbocycles. The molecule has 0 unspecified atom stereocenters. The lowest BCUT2D eigenvalue weighted by Gasteiger charge is -2.10. The van der Waals surface area contributed by atoms with Gasteiger partial charge in [0.15, 0.2) is 17.1 Å². The maximum Gasteiger partial charge on any atom is 0.417 e. The number of carbonyl (C=O) groups is 2. The summed E-state index contributed by atoms with van der Waals surface area (Å²) in [5.41, 5.74) is -0.0630. The quantitative estimate of drug-likeness (QED) is 0.191. The molecular formula is C26H18F4N7O2+. The van der Waals surface area contributed by atoms with Crippen LogP contribution in [-0.4, -0.2) is 32.0 Å². The first-order valence-electron chi connectivity index (χ1n) is 11.4. The summed E-state index contributed by atoms with van der Waals surface area (Å²) in [7, 11) is 0. The number of aromatic nitrogens is 5. The minimum atomic E-state index is -4.63. The summed E-state index contributed by atoms with van der Waals surface area (Å²) in [6, 6.07) is 10.6. The van der Waals surface area contributed by atoms with Gasteiger partial charge in [-0.2, -0.15) is 17.9 Å². The molecule has 13 heteroatoms. The third-order valence-electron chi connectivity index (χ3n) is 5.78. The van der Waals surface area contributed by atoms with Gasteiger partial charge in [-0.3, -0.25) is 14.6 Å². The van der Waals surface area contributed by atoms with Crippen LogP contribution in [0.1, 0.15) is 21.6 Å². The van der Waals surface area contributed by atoms with Crippen LogP contribution in [0.25, 0.3) is 22.7 Å². The zero-order chi connectivity index (χ0) is 27.7. The van der Waals surface area contributed by atoms with Gasteiger partial charge in [0.25, 0.3) is 5.91 Å². The van der Waals surface area contributed by atoms with Gasteiger partial charge >= 0.3 is 11.8 Å². The Kier molecular flexibility index (Phi) is 6.48. The number of fused-ring (bicyclic) bond motifs is 1. The zero-order valence-electron chi connectivity index (χ0n) is 20.1. The molecule has 0 radical (unpaired) electrons. The van der Waals surface area contributed by atoms with Gasteiger partial charge in [0.2, 0.25) is 6.41 Å². The zero-order valence-corrected chi connectivity index (χ0v) is 20.1. The summed E-state index contributed by atoms with van der Waals surface area (Å²) in [5, 5.41) is 5.06. The first-order valence-corrected chi connectivity index (χ1v) is 11.4. The van der Waals surface area contributed by atoms with Gasteiger partial charge in [0.1, 0.15) is 12.0 Å². The average Bonchev–Trinajstić information content (AvgIpc) is 3.28. The van der Waals surface area contributed by atoms with Crippen LogP contribution in [0.2, 0.25) is 0 Å². The van der Waals surface area contributed by atoms with Crippen LogP contribution in [0.5, 0.6) is 0 Å². The Morgan fingerprint density at radius 3 is 2.59 bits per heavy atom. The Hall–Kier alpha value is -5.20. The normalized spacial score (nSPS) is 11.4. The predicted molar refractivity (Wildman–Crippen MR) is 132 cm³/mol. The van der Waals surface area contributed by atoms with Crippen LogP contribution >= 0.6 is 0 Å². The largest absolute Gasteiger partial charge is 0.417 e. The third kappa shape index (κ3) is 5.01. The number of nitrogens with zero attached hydrogens (tertiary/aromatic N) is 5. The lowest BCUT2D eigenvalue weighted by molar-refractivity contribution is -0.600. The van der Waals surface area contributed by atoms with Crippen LogP contribution in [0, 0.1) is 12.7 Å². The van der Waals surface area contributed by atoms with Crippen molar-refractivity contribution in [3.05, 3.63) is 96.0 Å². The molecule has 0 aliphatic rings. The molecule has 0 aliphatic heterocycles. The van der Waals surface area contributed by atoms with E-state index in [1.54, 1.807) is 19.1 Å². The van der Waals surface area contributed by atoms with Gasteiger partial charge in [0.05, 0.1) is 41.2 Å². The smallest absolute Gasteiger partial charge is 0.327 e. The molecule has 5 aromatic rings. The van der Waals surface area contributed by atoms with Crippen molar-refractivity contribution in [1.82, 2.24) is 19.6 Å². The van der Waals surface area contributed by atoms with E-state index in [2.05, 4.69) is 25.6 Å². The summed E-state index contributed by atoms with van der Waals surface area (Å²) < 4.78 is 57.7. The van der Waals surface area contributed by atoms with Crippen LogP contribution < -0.4 is 15.1 Å². The summed E-state index contributed by atoms with van der Waals surface area (Å²) in [6.45, 7) is 1.67. The molecule has 196 valence electrons. The van der Waals surface area contributed by atoms with E-state index in [-0.39, 0.29) is 28.2 Å². The molecule has 0 aliphatic carbocycles. The summed E-state index contributed by atoms with van der Waals surface area (Å²) in [4.78, 5) is 36.7. The first kappa shape index (κ1) is 25.4. The monoisotopic (exact) mass is 536 g/mol. The lowest BCUT2D eigenvalue weighted by Crippen LogP contribution is -2.32. The molecule has 39 heavy (non-hydrogen) atoms. The van der Waals surface area contributed by atoms with Crippen molar-refractivity contribution in [1.29, 1.82) is 0 Å². The number of rotatable bonds is 6. The standard InChI is InChI=1S/C26H17F4N7O2/c1-15-21(32-14-38)6-7-23(33-15)37-13-19(25(39)34-17-10-16(27)11-31-12-17)24-35-22(8-9-36(24)37)18-4-2-3-5-20(18)26(28,29)30/h2-14H,1H3,(H-,32,34,38,39)/p+1. The van der Waals surface area contributed by atoms with E-state index in [4.69, 9.17) is 0 Å². The highest BCUT2D eigenvalue weighted by molar-refractivity contribution is 6.07. The number of amides is 2. The van der Waals surface area contributed by atoms with E-state index in [0.29, 0.717) is 23.6 Å². The molecule has 0 fully saturated rings. The second-order valence-electron chi connectivity index (χ2n) is 8.32. The minimum absolute atomic E-state index is 0.0147. The highest BCUT2D eigenvalue weighted by atomic mass is 19.4. The SMILES string of the molecule is Cc1nc(-n2cc(C(=O)Nc3cncc(F)c3)c3nc(-c4ccccc4C(F)(F)F)cc[n+]32)ccc1NC=O. The molecule has 2 N–H and O–H groups in total. The van der Waals surface area contributed by atoms with E-state index in [0.717, 1.165) is 18.3 Å². The third-order valence-corrected chi connectivity index (χ3v) is 5.78. The second-order valence-corrected chi connectivity index (χ2v) is 8.32. The number of anilines is 2. The van der Waals surface area contributed by atoms with E-state index in [1.165, 1.54) is 52.1 Å². The fourth-order valence-electron chi connectivity index (χ4n) is 4.02. The molecule has 2 amide bonds. The Bertz CT molecular complexity index is 1730. The van der Waals surface area contributed by atoms with Crippen LogP contribution in [0.3, 0.4) is 0 Å². The van der Waals surface area contributed by atoms with Crippen molar-refractivity contribution in [2.24, 2.45) is 0 Å². The number of hydrogen-bond donors (Lipinski definition) is 2. The Morgan fingerprint density at radius 2 is 1.87 bits per heavy atom. The average molecular weight is 536 g/mol. The maximum atomic E-state index is 13.7. The first-order chi connectivity index (χ1) is 18.7. The number of alkyl halides is 3. The molecular weight excluding hydrogens is 518 g/mol. The van der Waals surface area contributed by atoms with Gasteiger partial charge in [-0.25, -0.2) is 9.37 Å². The summed E-state index contributed by atoms with van der Waals surface area (Å²) in [6.07, 6.45) is 0.960. The van der Waals surface area contributed by atoms with Gasteiger partial charge in [-0.15, -0.1) is 4.52 Å². The van der Waals surface area contributed by atoms with Crippen LogP contribution in [0.4, 0.5) is 28.9 Å². The fourth-order valence-corrected chi connectivity index (χ4v) is 4.02. The summed E-state index contributed by atoms with van der Waals surface area (Å²) >= 11 is 0. The van der Waals surface area contributed by atoms with Crippen LogP contribution in [-0.2, 0) is 11.0 Å². The number of aryl methyl sites for hydroxylation is 1. The number of halogens is 4. The molecule has 0 spiro atoms. The molecule has 5 rings (SSSR count). The van der Waals surface area contributed by atoms with E-state index in [1.807, 2.05) is 0 Å². The van der Waals surface area contributed by atoms with Crippen molar-refractivity contribution in [2.45, 2.75) is 13.1 Å². The summed E-state index contributed by atoms with van der Waals surface area (Å²) in [5.74, 6) is -1.04. The van der Waals surface area contributed by atoms with Crippen molar-refractivity contribution in [3.63, 3.8) is 0 Å². The number of pyridine rings is 2. The highest BCUT2D eigenvalue weighted by Gasteiger charge is 2.35. The van der Waals surface area contributed by atoms with E-state index >= 15 is 0 Å². The van der Waals surface area contributed by atoms with E-state index in [9.17, 15) is 27.2 Å².